The number of hydrogen-bond acceptors (Lipinski definition) is 6. The van der Waals surface area contributed by atoms with Crippen LogP contribution >= 0.6 is 0 Å². The van der Waals surface area contributed by atoms with Crippen molar-refractivity contribution in [3.05, 3.63) is 52.3 Å². The van der Waals surface area contributed by atoms with Crippen LogP contribution in [-0.2, 0) is 4.79 Å². The maximum atomic E-state index is 12.2. The number of anilines is 1. The fraction of sp³-hybridized carbons (Fsp3) is 0.294. The van der Waals surface area contributed by atoms with Crippen LogP contribution in [-0.4, -0.2) is 36.9 Å². The van der Waals surface area contributed by atoms with Crippen molar-refractivity contribution in [2.24, 2.45) is 5.92 Å². The highest BCUT2D eigenvalue weighted by atomic mass is 16.6. The van der Waals surface area contributed by atoms with Crippen LogP contribution in [0.1, 0.15) is 17.0 Å². The summed E-state index contributed by atoms with van der Waals surface area (Å²) < 4.78 is 9.96. The summed E-state index contributed by atoms with van der Waals surface area (Å²) in [6.07, 6.45) is 0.310. The standard InChI is InChI=1S/C17H17N3O6/c1-25-13-4-2-12(3-5-13)19-10-11(8-15(19)21)9-18-17(22)14-6-7-16(26-14)20(23)24/h2-7,11H,8-10H2,1H3,(H,18,22). The number of carbonyl (C=O) groups excluding carboxylic acids is 2. The van der Waals surface area contributed by atoms with Crippen LogP contribution in [0.5, 0.6) is 5.75 Å². The van der Waals surface area contributed by atoms with Crippen molar-refractivity contribution in [3.63, 3.8) is 0 Å². The van der Waals surface area contributed by atoms with Gasteiger partial charge in [0, 0.05) is 31.1 Å². The van der Waals surface area contributed by atoms with Crippen molar-refractivity contribution < 1.29 is 23.7 Å². The van der Waals surface area contributed by atoms with Crippen molar-refractivity contribution >= 4 is 23.4 Å². The number of nitrogens with zero attached hydrogens (tertiary/aromatic N) is 2. The number of carbonyl (C=O) groups is 2. The molecule has 0 radical (unpaired) electrons. The summed E-state index contributed by atoms with van der Waals surface area (Å²) >= 11 is 0. The lowest BCUT2D eigenvalue weighted by atomic mass is 10.1. The molecule has 2 heterocycles. The van der Waals surface area contributed by atoms with Crippen LogP contribution < -0.4 is 15.0 Å². The van der Waals surface area contributed by atoms with Crippen LogP contribution in [0.25, 0.3) is 0 Å². The van der Waals surface area contributed by atoms with Crippen molar-refractivity contribution in [2.75, 3.05) is 25.1 Å². The number of ether oxygens (including phenoxy) is 1. The fourth-order valence-electron chi connectivity index (χ4n) is 2.80. The van der Waals surface area contributed by atoms with Gasteiger partial charge in [-0.2, -0.15) is 0 Å². The molecule has 1 aliphatic rings. The minimum Gasteiger partial charge on any atom is -0.497 e. The number of methoxy groups -OCH3 is 1. The number of benzene rings is 1. The number of furan rings is 1. The second-order valence-corrected chi connectivity index (χ2v) is 5.88. The van der Waals surface area contributed by atoms with E-state index in [0.717, 1.165) is 11.8 Å². The Morgan fingerprint density at radius 3 is 2.69 bits per heavy atom. The molecular weight excluding hydrogens is 342 g/mol. The van der Waals surface area contributed by atoms with E-state index in [4.69, 9.17) is 9.15 Å². The average molecular weight is 359 g/mol. The van der Waals surface area contributed by atoms with Crippen LogP contribution in [0.2, 0.25) is 0 Å². The van der Waals surface area contributed by atoms with Crippen molar-refractivity contribution in [2.45, 2.75) is 6.42 Å². The molecule has 1 unspecified atom stereocenters. The first kappa shape index (κ1) is 17.5. The molecule has 0 spiro atoms. The third-order valence-electron chi connectivity index (χ3n) is 4.14. The highest BCUT2D eigenvalue weighted by Gasteiger charge is 2.31. The van der Waals surface area contributed by atoms with E-state index in [9.17, 15) is 19.7 Å². The molecule has 3 rings (SSSR count). The molecule has 2 aromatic rings. The lowest BCUT2D eigenvalue weighted by molar-refractivity contribution is -0.402. The maximum absolute atomic E-state index is 12.2. The molecule has 9 heteroatoms. The van der Waals surface area contributed by atoms with Gasteiger partial charge in [-0.05, 0) is 30.3 Å². The Hall–Kier alpha value is -3.36. The third kappa shape index (κ3) is 3.66. The predicted molar refractivity (Wildman–Crippen MR) is 91.1 cm³/mol. The Morgan fingerprint density at radius 2 is 2.08 bits per heavy atom. The van der Waals surface area contributed by atoms with Crippen LogP contribution in [0.3, 0.4) is 0 Å². The third-order valence-corrected chi connectivity index (χ3v) is 4.14. The molecule has 2 amide bonds. The van der Waals surface area contributed by atoms with Gasteiger partial charge < -0.3 is 19.4 Å². The molecule has 0 aliphatic carbocycles. The molecular formula is C17H17N3O6. The van der Waals surface area contributed by atoms with Crippen molar-refractivity contribution in [1.82, 2.24) is 5.32 Å². The van der Waals surface area contributed by atoms with E-state index >= 15 is 0 Å². The zero-order valence-corrected chi connectivity index (χ0v) is 14.0. The molecule has 1 aliphatic heterocycles. The molecule has 1 atom stereocenters. The van der Waals surface area contributed by atoms with E-state index in [1.165, 1.54) is 6.07 Å². The largest absolute Gasteiger partial charge is 0.497 e. The lowest BCUT2D eigenvalue weighted by Crippen LogP contribution is -2.31. The molecule has 0 saturated carbocycles. The van der Waals surface area contributed by atoms with E-state index in [0.29, 0.717) is 18.7 Å². The Kier molecular flexibility index (Phi) is 4.87. The van der Waals surface area contributed by atoms with Gasteiger partial charge in [0.05, 0.1) is 13.2 Å². The Morgan fingerprint density at radius 1 is 1.35 bits per heavy atom. The zero-order valence-electron chi connectivity index (χ0n) is 14.0. The molecule has 26 heavy (non-hydrogen) atoms. The average Bonchev–Trinajstić information content (AvgIpc) is 3.27. The number of nitro groups is 1. The fourth-order valence-corrected chi connectivity index (χ4v) is 2.80. The van der Waals surface area contributed by atoms with E-state index in [-0.39, 0.29) is 24.1 Å². The summed E-state index contributed by atoms with van der Waals surface area (Å²) in [4.78, 5) is 35.8. The number of amides is 2. The second kappa shape index (κ2) is 7.26. The van der Waals surface area contributed by atoms with Crippen LogP contribution in [0.4, 0.5) is 11.6 Å². The van der Waals surface area contributed by atoms with Gasteiger partial charge in [0.2, 0.25) is 5.91 Å². The number of rotatable bonds is 6. The van der Waals surface area contributed by atoms with Crippen LogP contribution in [0, 0.1) is 16.0 Å². The Balaban J connectivity index is 1.56. The number of nitrogens with one attached hydrogen (secondary N) is 1. The topological polar surface area (TPSA) is 115 Å². The summed E-state index contributed by atoms with van der Waals surface area (Å²) in [5.74, 6) is -0.545. The van der Waals surface area contributed by atoms with Crippen molar-refractivity contribution in [3.8, 4) is 5.75 Å². The minimum atomic E-state index is -0.709. The SMILES string of the molecule is COc1ccc(N2CC(CNC(=O)c3ccc([N+](=O)[O-])o3)CC2=O)cc1. The summed E-state index contributed by atoms with van der Waals surface area (Å²) in [7, 11) is 1.57. The summed E-state index contributed by atoms with van der Waals surface area (Å²) in [5, 5.41) is 13.2. The monoisotopic (exact) mass is 359 g/mol. The second-order valence-electron chi connectivity index (χ2n) is 5.88. The summed E-state index contributed by atoms with van der Waals surface area (Å²) in [6.45, 7) is 0.746. The van der Waals surface area contributed by atoms with Gasteiger partial charge in [-0.25, -0.2) is 0 Å². The molecule has 1 fully saturated rings. The van der Waals surface area contributed by atoms with Gasteiger partial charge in [-0.3, -0.25) is 19.7 Å². The first-order valence-electron chi connectivity index (χ1n) is 7.94. The Labute approximate surface area is 148 Å². The smallest absolute Gasteiger partial charge is 0.433 e. The first-order chi connectivity index (χ1) is 12.5. The molecule has 0 bridgehead atoms. The summed E-state index contributed by atoms with van der Waals surface area (Å²) in [5.41, 5.74) is 0.770. The van der Waals surface area contributed by atoms with E-state index < -0.39 is 16.7 Å². The predicted octanol–water partition coefficient (Wildman–Crippen LogP) is 1.98. The molecule has 136 valence electrons. The molecule has 1 saturated heterocycles. The van der Waals surface area contributed by atoms with E-state index in [2.05, 4.69) is 5.32 Å². The van der Waals surface area contributed by atoms with Gasteiger partial charge >= 0.3 is 5.88 Å². The zero-order chi connectivity index (χ0) is 18.7. The molecule has 9 nitrogen and oxygen atoms in total. The normalized spacial score (nSPS) is 16.6. The highest BCUT2D eigenvalue weighted by molar-refractivity contribution is 5.96. The summed E-state index contributed by atoms with van der Waals surface area (Å²) in [6, 6.07) is 9.54. The van der Waals surface area contributed by atoms with Gasteiger partial charge in [0.25, 0.3) is 5.91 Å². The maximum Gasteiger partial charge on any atom is 0.433 e. The van der Waals surface area contributed by atoms with E-state index in [1.807, 2.05) is 0 Å². The van der Waals surface area contributed by atoms with Gasteiger partial charge in [-0.15, -0.1) is 0 Å². The van der Waals surface area contributed by atoms with Gasteiger partial charge in [0.1, 0.15) is 10.7 Å². The lowest BCUT2D eigenvalue weighted by Gasteiger charge is -2.17. The molecule has 1 aromatic heterocycles. The first-order valence-corrected chi connectivity index (χ1v) is 7.94. The van der Waals surface area contributed by atoms with Gasteiger partial charge in [-0.1, -0.05) is 0 Å². The minimum absolute atomic E-state index is 0.0250. The van der Waals surface area contributed by atoms with E-state index in [1.54, 1.807) is 36.3 Å². The molecule has 1 N–H and O–H groups in total. The number of hydrogen-bond donors (Lipinski definition) is 1. The highest BCUT2D eigenvalue weighted by Crippen LogP contribution is 2.26. The quantitative estimate of drug-likeness (QED) is 0.623. The molecule has 1 aromatic carbocycles. The van der Waals surface area contributed by atoms with Gasteiger partial charge in [0.15, 0.2) is 5.76 Å². The Bertz CT molecular complexity index is 829. The van der Waals surface area contributed by atoms with Crippen LogP contribution in [0.15, 0.2) is 40.8 Å². The van der Waals surface area contributed by atoms with Crippen molar-refractivity contribution in [1.29, 1.82) is 0 Å².